The molecule has 3 N–H and O–H groups in total. The summed E-state index contributed by atoms with van der Waals surface area (Å²) in [6.45, 7) is 4.57. The zero-order chi connectivity index (χ0) is 23.5. The van der Waals surface area contributed by atoms with Gasteiger partial charge in [0.15, 0.2) is 23.2 Å². The van der Waals surface area contributed by atoms with Gasteiger partial charge in [0.2, 0.25) is 0 Å². The summed E-state index contributed by atoms with van der Waals surface area (Å²) in [6.07, 6.45) is 0.935. The third-order valence-corrected chi connectivity index (χ3v) is 4.94. The third kappa shape index (κ3) is 8.35. The summed E-state index contributed by atoms with van der Waals surface area (Å²) < 4.78 is 16.9. The van der Waals surface area contributed by atoms with Crippen LogP contribution in [0.2, 0.25) is 0 Å². The molecule has 2 aromatic rings. The lowest BCUT2D eigenvalue weighted by Crippen LogP contribution is -2.49. The van der Waals surface area contributed by atoms with E-state index in [0.717, 1.165) is 6.42 Å². The third-order valence-electron chi connectivity index (χ3n) is 4.12. The molecule has 0 unspecified atom stereocenters. The van der Waals surface area contributed by atoms with Gasteiger partial charge >= 0.3 is 0 Å². The number of para-hydroxylation sites is 2. The van der Waals surface area contributed by atoms with E-state index in [4.69, 9.17) is 26.4 Å². The van der Waals surface area contributed by atoms with E-state index in [-0.39, 0.29) is 11.7 Å². The minimum Gasteiger partial charge on any atom is -0.493 e. The number of hydrazine groups is 1. The smallest absolute Gasteiger partial charge is 0.276 e. The molecule has 0 aliphatic heterocycles. The maximum Gasteiger partial charge on any atom is 0.276 e. The van der Waals surface area contributed by atoms with E-state index in [0.29, 0.717) is 39.8 Å². The lowest BCUT2D eigenvalue weighted by molar-refractivity contribution is -0.123. The summed E-state index contributed by atoms with van der Waals surface area (Å²) in [6, 6.07) is 12.0. The molecule has 0 radical (unpaired) electrons. The highest BCUT2D eigenvalue weighted by Crippen LogP contribution is 2.27. The second kappa shape index (κ2) is 12.9. The largest absolute Gasteiger partial charge is 0.493 e. The first-order chi connectivity index (χ1) is 15.3. The number of thiocarbonyl (C=S) groups is 1. The maximum atomic E-state index is 12.4. The van der Waals surface area contributed by atoms with Crippen molar-refractivity contribution >= 4 is 45.1 Å². The second-order valence-electron chi connectivity index (χ2n) is 7.07. The highest BCUT2D eigenvalue weighted by Gasteiger charge is 2.12. The first kappa shape index (κ1) is 25.4. The molecule has 0 aromatic heterocycles. The number of benzene rings is 2. The lowest BCUT2D eigenvalue weighted by atomic mass is 10.1. The Labute approximate surface area is 201 Å². The van der Waals surface area contributed by atoms with Crippen LogP contribution < -0.4 is 30.4 Å². The molecule has 0 heterocycles. The van der Waals surface area contributed by atoms with E-state index in [1.165, 1.54) is 7.11 Å². The monoisotopic (exact) mass is 523 g/mol. The van der Waals surface area contributed by atoms with Crippen molar-refractivity contribution < 1.29 is 23.8 Å². The van der Waals surface area contributed by atoms with Gasteiger partial charge in [0, 0.05) is 5.56 Å². The average molecular weight is 524 g/mol. The molecule has 2 amide bonds. The van der Waals surface area contributed by atoms with E-state index in [1.807, 2.05) is 0 Å². The van der Waals surface area contributed by atoms with Crippen LogP contribution >= 0.6 is 28.1 Å². The summed E-state index contributed by atoms with van der Waals surface area (Å²) in [7, 11) is 1.51. The normalized spacial score (nSPS) is 10.3. The number of amides is 2. The fourth-order valence-corrected chi connectivity index (χ4v) is 3.05. The van der Waals surface area contributed by atoms with Crippen LogP contribution in [0.1, 0.15) is 30.6 Å². The van der Waals surface area contributed by atoms with Gasteiger partial charge < -0.3 is 14.2 Å². The first-order valence-electron chi connectivity index (χ1n) is 9.88. The van der Waals surface area contributed by atoms with Crippen molar-refractivity contribution in [2.24, 2.45) is 5.92 Å². The van der Waals surface area contributed by atoms with Crippen molar-refractivity contribution in [3.05, 3.63) is 52.5 Å². The van der Waals surface area contributed by atoms with Gasteiger partial charge in [0.1, 0.15) is 5.75 Å². The van der Waals surface area contributed by atoms with Gasteiger partial charge in [-0.3, -0.25) is 25.8 Å². The number of methoxy groups -OCH3 is 1. The molecule has 32 heavy (non-hydrogen) atoms. The van der Waals surface area contributed by atoms with Gasteiger partial charge in [0.05, 0.1) is 18.2 Å². The molecule has 0 spiro atoms. The number of rotatable bonds is 9. The first-order valence-corrected chi connectivity index (χ1v) is 11.1. The number of halogens is 1. The van der Waals surface area contributed by atoms with Gasteiger partial charge in [-0.05, 0) is 70.8 Å². The molecule has 0 bridgehead atoms. The van der Waals surface area contributed by atoms with Crippen LogP contribution in [0.4, 0.5) is 0 Å². The Hall–Kier alpha value is -2.85. The molecule has 0 aliphatic rings. The minimum atomic E-state index is -0.488. The molecule has 8 nitrogen and oxygen atoms in total. The van der Waals surface area contributed by atoms with E-state index in [9.17, 15) is 9.59 Å². The van der Waals surface area contributed by atoms with Crippen LogP contribution in [0.3, 0.4) is 0 Å². The van der Waals surface area contributed by atoms with Crippen LogP contribution in [0.15, 0.2) is 46.9 Å². The van der Waals surface area contributed by atoms with Gasteiger partial charge in [0.25, 0.3) is 11.8 Å². The van der Waals surface area contributed by atoms with Gasteiger partial charge in [-0.2, -0.15) is 0 Å². The fraction of sp³-hybridized carbons (Fsp3) is 0.318. The molecule has 172 valence electrons. The van der Waals surface area contributed by atoms with Gasteiger partial charge in [-0.15, -0.1) is 0 Å². The molecule has 0 saturated heterocycles. The highest BCUT2D eigenvalue weighted by molar-refractivity contribution is 9.10. The Morgan fingerprint density at radius 3 is 2.41 bits per heavy atom. The van der Waals surface area contributed by atoms with E-state index >= 15 is 0 Å². The van der Waals surface area contributed by atoms with Crippen molar-refractivity contribution in [2.75, 3.05) is 20.3 Å². The molecule has 0 aliphatic carbocycles. The predicted molar refractivity (Wildman–Crippen MR) is 129 cm³/mol. The Bertz CT molecular complexity index is 955. The quantitative estimate of drug-likeness (QED) is 0.341. The molecule has 2 aromatic carbocycles. The summed E-state index contributed by atoms with van der Waals surface area (Å²) in [5.74, 6) is 1.22. The molecule has 10 heteroatoms. The number of nitrogens with one attached hydrogen (secondary N) is 3. The fourth-order valence-electron chi connectivity index (χ4n) is 2.41. The van der Waals surface area contributed by atoms with Crippen molar-refractivity contribution in [3.8, 4) is 17.2 Å². The standard InChI is InChI=1S/C22H26BrN3O5S/c1-14(2)10-11-30-17-9-8-15(12-16(17)23)21(28)24-22(32)26-25-20(27)13-31-19-7-5-4-6-18(19)29-3/h4-9,12,14H,10-11,13H2,1-3H3,(H,25,27)(H2,24,26,28,32). The second-order valence-corrected chi connectivity index (χ2v) is 8.33. The Morgan fingerprint density at radius 2 is 1.75 bits per heavy atom. The Balaban J connectivity index is 1.78. The van der Waals surface area contributed by atoms with E-state index in [2.05, 4.69) is 45.9 Å². The summed E-state index contributed by atoms with van der Waals surface area (Å²) >= 11 is 8.46. The van der Waals surface area contributed by atoms with Crippen LogP contribution in [0, 0.1) is 5.92 Å². The minimum absolute atomic E-state index is 0.0611. The molecular weight excluding hydrogens is 498 g/mol. The zero-order valence-electron chi connectivity index (χ0n) is 18.1. The van der Waals surface area contributed by atoms with Crippen molar-refractivity contribution in [2.45, 2.75) is 20.3 Å². The molecule has 0 fully saturated rings. The van der Waals surface area contributed by atoms with Crippen molar-refractivity contribution in [1.82, 2.24) is 16.2 Å². The summed E-state index contributed by atoms with van der Waals surface area (Å²) in [5, 5.41) is 2.43. The Kier molecular flexibility index (Phi) is 10.2. The number of carbonyl (C=O) groups excluding carboxylic acids is 2. The van der Waals surface area contributed by atoms with Crippen LogP contribution in [-0.4, -0.2) is 37.3 Å². The predicted octanol–water partition coefficient (Wildman–Crippen LogP) is 3.60. The molecular formula is C22H26BrN3O5S. The molecule has 0 saturated carbocycles. The van der Waals surface area contributed by atoms with Gasteiger partial charge in [-0.25, -0.2) is 0 Å². The number of ether oxygens (including phenoxy) is 3. The lowest BCUT2D eigenvalue weighted by Gasteiger charge is -2.13. The number of carbonyl (C=O) groups is 2. The molecule has 0 atom stereocenters. The highest BCUT2D eigenvalue weighted by atomic mass is 79.9. The van der Waals surface area contributed by atoms with Crippen LogP contribution in [-0.2, 0) is 4.79 Å². The van der Waals surface area contributed by atoms with Crippen LogP contribution in [0.25, 0.3) is 0 Å². The summed E-state index contributed by atoms with van der Waals surface area (Å²) in [5.41, 5.74) is 5.20. The SMILES string of the molecule is COc1ccccc1OCC(=O)NNC(=S)NC(=O)c1ccc(OCCC(C)C)c(Br)c1. The van der Waals surface area contributed by atoms with Crippen molar-refractivity contribution in [3.63, 3.8) is 0 Å². The summed E-state index contributed by atoms with van der Waals surface area (Å²) in [4.78, 5) is 24.4. The molecule has 2 rings (SSSR count). The zero-order valence-corrected chi connectivity index (χ0v) is 20.5. The Morgan fingerprint density at radius 1 is 1.03 bits per heavy atom. The van der Waals surface area contributed by atoms with E-state index in [1.54, 1.807) is 42.5 Å². The average Bonchev–Trinajstić information content (AvgIpc) is 2.77. The van der Waals surface area contributed by atoms with Crippen molar-refractivity contribution in [1.29, 1.82) is 0 Å². The number of hydrogen-bond acceptors (Lipinski definition) is 6. The number of hydrogen-bond donors (Lipinski definition) is 3. The maximum absolute atomic E-state index is 12.4. The van der Waals surface area contributed by atoms with Gasteiger partial charge in [-0.1, -0.05) is 26.0 Å². The van der Waals surface area contributed by atoms with E-state index < -0.39 is 11.8 Å². The topological polar surface area (TPSA) is 97.9 Å². The van der Waals surface area contributed by atoms with Crippen LogP contribution in [0.5, 0.6) is 17.2 Å².